The molecule has 0 radical (unpaired) electrons. The molecule has 0 spiro atoms. The van der Waals surface area contributed by atoms with Crippen LogP contribution in [0.25, 0.3) is 0 Å². The minimum atomic E-state index is -2.79. The van der Waals surface area contributed by atoms with Crippen LogP contribution >= 0.6 is 0 Å². The summed E-state index contributed by atoms with van der Waals surface area (Å²) in [6.45, 7) is 2.77. The molecule has 2 heterocycles. The van der Waals surface area contributed by atoms with E-state index in [0.717, 1.165) is 18.4 Å². The first-order valence-corrected chi connectivity index (χ1v) is 11.6. The highest BCUT2D eigenvalue weighted by molar-refractivity contribution is 7.92. The predicted octanol–water partition coefficient (Wildman–Crippen LogP) is 3.12. The molecule has 0 unspecified atom stereocenters. The van der Waals surface area contributed by atoms with E-state index in [1.54, 1.807) is 47.6 Å². The molecule has 0 aliphatic carbocycles. The summed E-state index contributed by atoms with van der Waals surface area (Å²) >= 11 is 0. The summed E-state index contributed by atoms with van der Waals surface area (Å²) in [5.74, 6) is 5.80. The maximum Gasteiger partial charge on any atom is 0.204 e. The van der Waals surface area contributed by atoms with Crippen molar-refractivity contribution in [1.29, 1.82) is 5.26 Å². The summed E-state index contributed by atoms with van der Waals surface area (Å²) in [4.78, 5) is 4.56. The van der Waals surface area contributed by atoms with Crippen LogP contribution in [-0.4, -0.2) is 33.3 Å². The number of nitrogens with two attached hydrogens (primary N) is 1. The van der Waals surface area contributed by atoms with E-state index in [1.165, 1.54) is 6.07 Å². The van der Waals surface area contributed by atoms with Crippen molar-refractivity contribution in [1.82, 2.24) is 4.31 Å². The Kier molecular flexibility index (Phi) is 5.43. The van der Waals surface area contributed by atoms with E-state index in [0.29, 0.717) is 29.8 Å². The van der Waals surface area contributed by atoms with Gasteiger partial charge in [0, 0.05) is 23.2 Å². The number of fused-ring (bicyclic) bond motifs is 1. The van der Waals surface area contributed by atoms with Crippen LogP contribution in [0.4, 0.5) is 4.39 Å². The van der Waals surface area contributed by atoms with Crippen LogP contribution in [0.15, 0.2) is 51.8 Å². The van der Waals surface area contributed by atoms with Crippen molar-refractivity contribution in [3.05, 3.63) is 70.5 Å². The second-order valence-corrected chi connectivity index (χ2v) is 9.99. The molecule has 0 saturated heterocycles. The fourth-order valence-electron chi connectivity index (χ4n) is 3.80. The van der Waals surface area contributed by atoms with Gasteiger partial charge in [0.1, 0.15) is 21.3 Å². The van der Waals surface area contributed by atoms with Gasteiger partial charge >= 0.3 is 0 Å². The molecule has 2 N–H and O–H groups in total. The molecular weight excluding hydrogens is 413 g/mol. The molecule has 0 amide bonds. The third-order valence-corrected chi connectivity index (χ3v) is 7.99. The molecular formula is C23H22FN5OS. The van der Waals surface area contributed by atoms with Gasteiger partial charge in [0.2, 0.25) is 5.96 Å². The first-order valence-electron chi connectivity index (χ1n) is 9.99. The molecule has 0 aromatic heterocycles. The molecule has 6 nitrogen and oxygen atoms in total. The number of rotatable bonds is 1. The van der Waals surface area contributed by atoms with Crippen LogP contribution in [0.2, 0.25) is 0 Å². The maximum atomic E-state index is 14.9. The molecule has 0 saturated carbocycles. The lowest BCUT2D eigenvalue weighted by atomic mass is 9.92. The quantitative estimate of drug-likeness (QED) is 0.697. The molecule has 31 heavy (non-hydrogen) atoms. The van der Waals surface area contributed by atoms with E-state index in [9.17, 15) is 8.60 Å². The Morgan fingerprint density at radius 3 is 2.55 bits per heavy atom. The minimum absolute atomic E-state index is 0.0735. The Morgan fingerprint density at radius 2 is 1.81 bits per heavy atom. The summed E-state index contributed by atoms with van der Waals surface area (Å²) in [5, 5.41) is 8.89. The Balaban J connectivity index is 1.72. The average molecular weight is 436 g/mol. The van der Waals surface area contributed by atoms with E-state index in [1.807, 2.05) is 0 Å². The van der Waals surface area contributed by atoms with Gasteiger partial charge in [-0.25, -0.2) is 18.0 Å². The Labute approximate surface area is 181 Å². The van der Waals surface area contributed by atoms with Crippen LogP contribution in [0, 0.1) is 29.0 Å². The second kappa shape index (κ2) is 8.05. The second-order valence-electron chi connectivity index (χ2n) is 7.79. The van der Waals surface area contributed by atoms with Gasteiger partial charge in [0.05, 0.1) is 23.9 Å². The van der Waals surface area contributed by atoms with Gasteiger partial charge in [-0.1, -0.05) is 11.8 Å². The zero-order valence-corrected chi connectivity index (χ0v) is 18.0. The number of hydrogen-bond acceptors (Lipinski definition) is 5. The van der Waals surface area contributed by atoms with Gasteiger partial charge in [0.25, 0.3) is 0 Å². The summed E-state index contributed by atoms with van der Waals surface area (Å²) in [7, 11) is -2.79. The zero-order valence-electron chi connectivity index (χ0n) is 17.1. The summed E-state index contributed by atoms with van der Waals surface area (Å²) < 4.78 is 34.5. The van der Waals surface area contributed by atoms with Crippen molar-refractivity contribution in [2.75, 3.05) is 18.8 Å². The largest absolute Gasteiger partial charge is 0.369 e. The predicted molar refractivity (Wildman–Crippen MR) is 119 cm³/mol. The number of benzene rings is 2. The number of halogens is 1. The van der Waals surface area contributed by atoms with E-state index >= 15 is 0 Å². The molecule has 2 atom stereocenters. The Hall–Kier alpha value is -3.36. The molecule has 2 aliphatic rings. The number of guanidine groups is 1. The number of nitriles is 1. The van der Waals surface area contributed by atoms with Crippen molar-refractivity contribution in [3.63, 3.8) is 0 Å². The Morgan fingerprint density at radius 1 is 1.13 bits per heavy atom. The van der Waals surface area contributed by atoms with E-state index in [2.05, 4.69) is 27.3 Å². The molecule has 0 fully saturated rings. The number of hydrogen-bond donors (Lipinski definition) is 1. The fraction of sp³-hybridized carbons (Fsp3) is 0.304. The Bertz CT molecular complexity index is 1280. The van der Waals surface area contributed by atoms with Crippen LogP contribution in [0.1, 0.15) is 42.0 Å². The third-order valence-electron chi connectivity index (χ3n) is 5.40. The first-order chi connectivity index (χ1) is 14.8. The standard InChI is InChI=1S/C23H22FN5OS/c1-23(16-31(30)27-12-2-3-13-29(31)22(26)28-23)20-14-18(10-11-21(20)24)7-4-17-5-8-19(15-25)9-6-17/h5-6,8-11,14H,2-3,12-13,16H2,1H3,(H2,26,28)/t23-,31+/m0/s1. The van der Waals surface area contributed by atoms with Crippen molar-refractivity contribution in [2.45, 2.75) is 25.3 Å². The van der Waals surface area contributed by atoms with Gasteiger partial charge in [-0.05, 0) is 62.2 Å². The van der Waals surface area contributed by atoms with Gasteiger partial charge in [0.15, 0.2) is 0 Å². The lowest BCUT2D eigenvalue weighted by Crippen LogP contribution is -2.52. The molecule has 2 aromatic rings. The normalized spacial score (nSPS) is 25.1. The SMILES string of the molecule is C[C@@]1(c2cc(C#Cc3ccc(C#N)cc3)ccc2F)C[S@@]2(=O)=NCCCCN2C(N)=N1. The zero-order chi connectivity index (χ0) is 22.1. The molecule has 2 aliphatic heterocycles. The summed E-state index contributed by atoms with van der Waals surface area (Å²) in [5.41, 5.74) is 7.26. The molecule has 8 heteroatoms. The van der Waals surface area contributed by atoms with Gasteiger partial charge in [-0.2, -0.15) is 5.26 Å². The van der Waals surface area contributed by atoms with Gasteiger partial charge < -0.3 is 5.73 Å². The van der Waals surface area contributed by atoms with Crippen molar-refractivity contribution in [3.8, 4) is 17.9 Å². The fourth-order valence-corrected chi connectivity index (χ4v) is 6.30. The highest BCUT2D eigenvalue weighted by Gasteiger charge is 2.42. The van der Waals surface area contributed by atoms with E-state index in [-0.39, 0.29) is 11.7 Å². The first kappa shape index (κ1) is 20.9. The molecule has 2 aromatic carbocycles. The monoisotopic (exact) mass is 435 g/mol. The highest BCUT2D eigenvalue weighted by atomic mass is 32.2. The van der Waals surface area contributed by atoms with Crippen LogP contribution in [0.3, 0.4) is 0 Å². The molecule has 0 bridgehead atoms. The summed E-state index contributed by atoms with van der Waals surface area (Å²) in [6, 6.07) is 13.5. The van der Waals surface area contributed by atoms with E-state index < -0.39 is 21.3 Å². The molecule has 4 rings (SSSR count). The van der Waals surface area contributed by atoms with Crippen LogP contribution in [-0.2, 0) is 15.5 Å². The average Bonchev–Trinajstić information content (AvgIpc) is 2.94. The maximum absolute atomic E-state index is 14.9. The van der Waals surface area contributed by atoms with Crippen LogP contribution in [0.5, 0.6) is 0 Å². The molecule has 158 valence electrons. The lowest BCUT2D eigenvalue weighted by molar-refractivity contribution is 0.464. The minimum Gasteiger partial charge on any atom is -0.369 e. The highest BCUT2D eigenvalue weighted by Crippen LogP contribution is 2.35. The smallest absolute Gasteiger partial charge is 0.204 e. The third kappa shape index (κ3) is 4.12. The van der Waals surface area contributed by atoms with Crippen molar-refractivity contribution in [2.24, 2.45) is 15.1 Å². The lowest BCUT2D eigenvalue weighted by Gasteiger charge is -2.38. The number of aliphatic imine (C=N–C) groups is 1. The van der Waals surface area contributed by atoms with Crippen LogP contribution < -0.4 is 5.73 Å². The topological polar surface area (TPSA) is 94.8 Å². The van der Waals surface area contributed by atoms with Gasteiger partial charge in [-0.15, -0.1) is 0 Å². The van der Waals surface area contributed by atoms with Crippen molar-refractivity contribution >= 4 is 15.9 Å². The van der Waals surface area contributed by atoms with E-state index in [4.69, 9.17) is 11.0 Å². The van der Waals surface area contributed by atoms with Crippen molar-refractivity contribution < 1.29 is 8.60 Å². The number of nitrogens with zero attached hydrogens (tertiary/aromatic N) is 4. The summed E-state index contributed by atoms with van der Waals surface area (Å²) in [6.07, 6.45) is 1.68. The van der Waals surface area contributed by atoms with Gasteiger partial charge in [-0.3, -0.25) is 4.31 Å².